The number of likely N-dealkylation sites (tertiary alicyclic amines) is 1. The highest BCUT2D eigenvalue weighted by molar-refractivity contribution is 5.92. The minimum absolute atomic E-state index is 0.0287. The predicted octanol–water partition coefficient (Wildman–Crippen LogP) is 2.12. The molecule has 0 aromatic carbocycles. The summed E-state index contributed by atoms with van der Waals surface area (Å²) in [7, 11) is 4.03. The van der Waals surface area contributed by atoms with Crippen molar-refractivity contribution in [3.8, 4) is 0 Å². The smallest absolute Gasteiger partial charge is 0.274 e. The summed E-state index contributed by atoms with van der Waals surface area (Å²) in [6.07, 6.45) is 6.52. The molecule has 0 spiro atoms. The molecule has 0 bridgehead atoms. The molecule has 7 nitrogen and oxygen atoms in total. The highest BCUT2D eigenvalue weighted by atomic mass is 16.2. The van der Waals surface area contributed by atoms with E-state index in [0.29, 0.717) is 5.69 Å². The monoisotopic (exact) mass is 342 g/mol. The van der Waals surface area contributed by atoms with Gasteiger partial charge >= 0.3 is 0 Å². The van der Waals surface area contributed by atoms with Crippen molar-refractivity contribution in [2.45, 2.75) is 45.3 Å². The topological polar surface area (TPSA) is 67.2 Å². The van der Waals surface area contributed by atoms with Gasteiger partial charge in [0.05, 0.1) is 11.7 Å². The number of carbonyl (C=O) groups excluding carboxylic acids is 1. The van der Waals surface area contributed by atoms with E-state index in [1.165, 1.54) is 0 Å². The summed E-state index contributed by atoms with van der Waals surface area (Å²) in [6, 6.07) is 3.67. The van der Waals surface area contributed by atoms with Gasteiger partial charge in [0.1, 0.15) is 5.69 Å². The largest absolute Gasteiger partial charge is 0.327 e. The summed E-state index contributed by atoms with van der Waals surface area (Å²) >= 11 is 0. The van der Waals surface area contributed by atoms with Crippen LogP contribution < -0.4 is 0 Å². The molecule has 1 fully saturated rings. The second-order valence-corrected chi connectivity index (χ2v) is 6.76. The van der Waals surface area contributed by atoms with Crippen LogP contribution in [0, 0.1) is 0 Å². The third-order valence-electron chi connectivity index (χ3n) is 4.33. The lowest BCUT2D eigenvalue weighted by atomic mass is 10.2. The molecule has 0 radical (unpaired) electrons. The van der Waals surface area contributed by atoms with E-state index in [1.807, 2.05) is 35.9 Å². The Hall–Kier alpha value is -2.28. The van der Waals surface area contributed by atoms with Crippen molar-refractivity contribution in [3.05, 3.63) is 41.7 Å². The minimum atomic E-state index is -0.0639. The van der Waals surface area contributed by atoms with Crippen molar-refractivity contribution in [1.82, 2.24) is 29.5 Å². The van der Waals surface area contributed by atoms with E-state index in [9.17, 15) is 4.79 Å². The molecule has 3 heterocycles. The maximum absolute atomic E-state index is 12.9. The highest BCUT2D eigenvalue weighted by Crippen LogP contribution is 2.31. The average Bonchev–Trinajstić information content (AvgIpc) is 3.23. The molecule has 25 heavy (non-hydrogen) atoms. The summed E-state index contributed by atoms with van der Waals surface area (Å²) in [6.45, 7) is 4.41. The molecule has 2 aromatic rings. The first-order valence-electron chi connectivity index (χ1n) is 8.89. The molecule has 1 aliphatic rings. The Morgan fingerprint density at radius 1 is 1.36 bits per heavy atom. The fourth-order valence-electron chi connectivity index (χ4n) is 3.24. The van der Waals surface area contributed by atoms with Crippen LogP contribution in [0.5, 0.6) is 0 Å². The van der Waals surface area contributed by atoms with Gasteiger partial charge in [0.2, 0.25) is 0 Å². The molecule has 134 valence electrons. The number of carbonyl (C=O) groups is 1. The van der Waals surface area contributed by atoms with E-state index in [4.69, 9.17) is 0 Å². The van der Waals surface area contributed by atoms with Gasteiger partial charge in [-0.3, -0.25) is 9.48 Å². The van der Waals surface area contributed by atoms with E-state index in [-0.39, 0.29) is 11.9 Å². The first-order valence-corrected chi connectivity index (χ1v) is 8.89. The Kier molecular flexibility index (Phi) is 5.43. The van der Waals surface area contributed by atoms with E-state index in [0.717, 1.165) is 50.4 Å². The molecule has 0 aliphatic carbocycles. The van der Waals surface area contributed by atoms with E-state index in [2.05, 4.69) is 26.9 Å². The molecule has 2 aromatic heterocycles. The van der Waals surface area contributed by atoms with Crippen LogP contribution in [0.2, 0.25) is 0 Å². The van der Waals surface area contributed by atoms with Gasteiger partial charge in [-0.1, -0.05) is 6.92 Å². The minimum Gasteiger partial charge on any atom is -0.327 e. The number of hydrogen-bond donors (Lipinski definition) is 0. The van der Waals surface area contributed by atoms with Gasteiger partial charge in [-0.05, 0) is 45.5 Å². The number of nitrogens with zero attached hydrogens (tertiary/aromatic N) is 6. The molecule has 1 unspecified atom stereocenters. The first kappa shape index (κ1) is 17.5. The number of rotatable bonds is 6. The highest BCUT2D eigenvalue weighted by Gasteiger charge is 2.33. The van der Waals surface area contributed by atoms with Gasteiger partial charge in [-0.15, -0.1) is 0 Å². The van der Waals surface area contributed by atoms with Crippen molar-refractivity contribution in [3.63, 3.8) is 0 Å². The fraction of sp³-hybridized carbons (Fsp3) is 0.556. The SMILES string of the molecule is CCCn1ccc(C(=O)N2CCCC2c2nccc(CN(C)C)n2)n1. The molecular weight excluding hydrogens is 316 g/mol. The molecule has 7 heteroatoms. The number of amides is 1. The zero-order valence-corrected chi connectivity index (χ0v) is 15.2. The van der Waals surface area contributed by atoms with Crippen LogP contribution in [0.15, 0.2) is 24.5 Å². The Morgan fingerprint density at radius 3 is 2.96 bits per heavy atom. The first-order chi connectivity index (χ1) is 12.1. The fourth-order valence-corrected chi connectivity index (χ4v) is 3.24. The quantitative estimate of drug-likeness (QED) is 0.804. The summed E-state index contributed by atoms with van der Waals surface area (Å²) in [4.78, 5) is 26.0. The summed E-state index contributed by atoms with van der Waals surface area (Å²) < 4.78 is 1.83. The number of aromatic nitrogens is 4. The summed E-state index contributed by atoms with van der Waals surface area (Å²) in [5.74, 6) is 0.706. The maximum Gasteiger partial charge on any atom is 0.274 e. The Balaban J connectivity index is 1.78. The Bertz CT molecular complexity index is 726. The second kappa shape index (κ2) is 7.74. The van der Waals surface area contributed by atoms with Crippen LogP contribution in [0.1, 0.15) is 54.2 Å². The van der Waals surface area contributed by atoms with E-state index in [1.54, 1.807) is 12.3 Å². The molecular formula is C18H26N6O. The van der Waals surface area contributed by atoms with Crippen LogP contribution in [-0.4, -0.2) is 56.1 Å². The normalized spacial score (nSPS) is 17.4. The Morgan fingerprint density at radius 2 is 2.20 bits per heavy atom. The van der Waals surface area contributed by atoms with Crippen molar-refractivity contribution in [1.29, 1.82) is 0 Å². The molecule has 1 amide bonds. The molecule has 0 N–H and O–H groups in total. The van der Waals surface area contributed by atoms with Gasteiger partial charge in [-0.2, -0.15) is 5.10 Å². The second-order valence-electron chi connectivity index (χ2n) is 6.76. The van der Waals surface area contributed by atoms with Crippen molar-refractivity contribution < 1.29 is 4.79 Å². The molecule has 3 rings (SSSR count). The van der Waals surface area contributed by atoms with Crippen LogP contribution >= 0.6 is 0 Å². The molecule has 1 aliphatic heterocycles. The molecule has 0 saturated carbocycles. The maximum atomic E-state index is 12.9. The number of hydrogen-bond acceptors (Lipinski definition) is 5. The van der Waals surface area contributed by atoms with Crippen LogP contribution in [-0.2, 0) is 13.1 Å². The van der Waals surface area contributed by atoms with E-state index >= 15 is 0 Å². The average molecular weight is 342 g/mol. The summed E-state index contributed by atoms with van der Waals surface area (Å²) in [5, 5.41) is 4.41. The number of aryl methyl sites for hydroxylation is 1. The predicted molar refractivity (Wildman–Crippen MR) is 95.0 cm³/mol. The zero-order valence-electron chi connectivity index (χ0n) is 15.2. The molecule has 1 saturated heterocycles. The Labute approximate surface area is 148 Å². The van der Waals surface area contributed by atoms with E-state index < -0.39 is 0 Å². The molecule has 1 atom stereocenters. The lowest BCUT2D eigenvalue weighted by Crippen LogP contribution is -2.32. The van der Waals surface area contributed by atoms with Crippen LogP contribution in [0.4, 0.5) is 0 Å². The van der Waals surface area contributed by atoms with Crippen molar-refractivity contribution in [2.75, 3.05) is 20.6 Å². The third kappa shape index (κ3) is 4.04. The van der Waals surface area contributed by atoms with Gasteiger partial charge in [0, 0.05) is 32.0 Å². The summed E-state index contributed by atoms with van der Waals surface area (Å²) in [5.41, 5.74) is 1.48. The van der Waals surface area contributed by atoms with Crippen LogP contribution in [0.3, 0.4) is 0 Å². The van der Waals surface area contributed by atoms with Crippen molar-refractivity contribution >= 4 is 5.91 Å². The van der Waals surface area contributed by atoms with Gasteiger partial charge in [-0.25, -0.2) is 9.97 Å². The lowest BCUT2D eigenvalue weighted by molar-refractivity contribution is 0.0722. The standard InChI is InChI=1S/C18H26N6O/c1-4-10-23-12-8-15(21-23)18(25)24-11-5-6-16(24)17-19-9-7-14(20-17)13-22(2)3/h7-9,12,16H,4-6,10-11,13H2,1-3H3. The van der Waals surface area contributed by atoms with Crippen LogP contribution in [0.25, 0.3) is 0 Å². The van der Waals surface area contributed by atoms with Gasteiger partial charge in [0.15, 0.2) is 5.82 Å². The van der Waals surface area contributed by atoms with Crippen molar-refractivity contribution in [2.24, 2.45) is 0 Å². The zero-order chi connectivity index (χ0) is 17.8. The van der Waals surface area contributed by atoms with Gasteiger partial charge in [0.25, 0.3) is 5.91 Å². The third-order valence-corrected chi connectivity index (χ3v) is 4.33. The lowest BCUT2D eigenvalue weighted by Gasteiger charge is -2.23. The van der Waals surface area contributed by atoms with Gasteiger partial charge < -0.3 is 9.80 Å².